The van der Waals surface area contributed by atoms with Crippen LogP contribution >= 0.6 is 0 Å². The lowest BCUT2D eigenvalue weighted by Gasteiger charge is -2.12. The monoisotopic (exact) mass is 466 g/mol. The van der Waals surface area contributed by atoms with E-state index in [1.54, 1.807) is 47.1 Å². The molecule has 170 valence electrons. The molecule has 0 unspecified atom stereocenters. The molecule has 0 radical (unpaired) electrons. The fraction of sp³-hybridized carbons (Fsp3) is 0.136. The maximum Gasteiger partial charge on any atom is 0.262 e. The summed E-state index contributed by atoms with van der Waals surface area (Å²) in [4.78, 5) is 0.0603. The molecule has 4 aromatic rings. The quantitative estimate of drug-likeness (QED) is 0.405. The number of hydrogen-bond acceptors (Lipinski definition) is 8. The van der Waals surface area contributed by atoms with Crippen molar-refractivity contribution in [1.29, 1.82) is 0 Å². The highest BCUT2D eigenvalue weighted by Gasteiger charge is 2.17. The van der Waals surface area contributed by atoms with Crippen LogP contribution in [0.4, 0.5) is 17.2 Å². The molecule has 0 fully saturated rings. The summed E-state index contributed by atoms with van der Waals surface area (Å²) in [6.07, 6.45) is 1.81. The zero-order valence-corrected chi connectivity index (χ0v) is 19.0. The van der Waals surface area contributed by atoms with E-state index in [0.717, 1.165) is 11.4 Å². The lowest BCUT2D eigenvalue weighted by atomic mass is 10.3. The Morgan fingerprint density at radius 3 is 2.18 bits per heavy atom. The summed E-state index contributed by atoms with van der Waals surface area (Å²) < 4.78 is 40.0. The SMILES string of the molecule is COc1ccc(S(=O)(=O)Nc2ccc(Nc3ccc(-n4ccc(C)n4)nn3)cc2)cc1OC. The van der Waals surface area contributed by atoms with Gasteiger partial charge in [0.05, 0.1) is 24.8 Å². The molecule has 0 aliphatic heterocycles. The Balaban J connectivity index is 1.44. The van der Waals surface area contributed by atoms with E-state index >= 15 is 0 Å². The maximum atomic E-state index is 12.7. The third kappa shape index (κ3) is 5.04. The van der Waals surface area contributed by atoms with E-state index in [-0.39, 0.29) is 4.90 Å². The Bertz CT molecular complexity index is 1350. The zero-order chi connectivity index (χ0) is 23.4. The van der Waals surface area contributed by atoms with Gasteiger partial charge in [-0.05, 0) is 61.5 Å². The van der Waals surface area contributed by atoms with Crippen molar-refractivity contribution in [1.82, 2.24) is 20.0 Å². The molecule has 0 amide bonds. The largest absolute Gasteiger partial charge is 0.493 e. The number of benzene rings is 2. The normalized spacial score (nSPS) is 11.1. The van der Waals surface area contributed by atoms with Gasteiger partial charge in [-0.2, -0.15) is 5.10 Å². The fourth-order valence-corrected chi connectivity index (χ4v) is 4.10. The van der Waals surface area contributed by atoms with Gasteiger partial charge in [0.25, 0.3) is 10.0 Å². The van der Waals surface area contributed by atoms with Gasteiger partial charge in [-0.3, -0.25) is 4.72 Å². The summed E-state index contributed by atoms with van der Waals surface area (Å²) in [6.45, 7) is 1.90. The lowest BCUT2D eigenvalue weighted by molar-refractivity contribution is 0.354. The lowest BCUT2D eigenvalue weighted by Crippen LogP contribution is -2.13. The smallest absolute Gasteiger partial charge is 0.262 e. The van der Waals surface area contributed by atoms with Crippen LogP contribution in [-0.4, -0.2) is 42.6 Å². The minimum absolute atomic E-state index is 0.0603. The Kier molecular flexibility index (Phi) is 6.13. The number of hydrogen-bond donors (Lipinski definition) is 2. The van der Waals surface area contributed by atoms with Gasteiger partial charge in [-0.15, -0.1) is 10.2 Å². The van der Waals surface area contributed by atoms with Gasteiger partial charge in [0.2, 0.25) is 0 Å². The molecular weight excluding hydrogens is 444 g/mol. The van der Waals surface area contributed by atoms with Crippen molar-refractivity contribution >= 4 is 27.2 Å². The van der Waals surface area contributed by atoms with Crippen LogP contribution in [0.15, 0.2) is 71.8 Å². The molecule has 2 heterocycles. The highest BCUT2D eigenvalue weighted by Crippen LogP contribution is 2.30. The summed E-state index contributed by atoms with van der Waals surface area (Å²) >= 11 is 0. The second-order valence-electron chi connectivity index (χ2n) is 7.00. The average Bonchev–Trinajstić information content (AvgIpc) is 3.26. The van der Waals surface area contributed by atoms with Gasteiger partial charge in [0.15, 0.2) is 23.1 Å². The molecule has 2 N–H and O–H groups in total. The molecule has 2 aromatic heterocycles. The first-order valence-corrected chi connectivity index (χ1v) is 11.3. The first-order valence-electron chi connectivity index (χ1n) is 9.86. The first kappa shape index (κ1) is 22.1. The maximum absolute atomic E-state index is 12.7. The average molecular weight is 467 g/mol. The van der Waals surface area contributed by atoms with Gasteiger partial charge in [0, 0.05) is 23.6 Å². The van der Waals surface area contributed by atoms with E-state index in [1.807, 2.05) is 19.2 Å². The number of anilines is 3. The minimum Gasteiger partial charge on any atom is -0.493 e. The summed E-state index contributed by atoms with van der Waals surface area (Å²) in [5, 5.41) is 15.7. The molecule has 0 atom stereocenters. The van der Waals surface area contributed by atoms with Crippen LogP contribution in [0.25, 0.3) is 5.82 Å². The Morgan fingerprint density at radius 2 is 1.58 bits per heavy atom. The van der Waals surface area contributed by atoms with Gasteiger partial charge < -0.3 is 14.8 Å². The van der Waals surface area contributed by atoms with Crippen molar-refractivity contribution in [2.75, 3.05) is 24.3 Å². The predicted molar refractivity (Wildman–Crippen MR) is 124 cm³/mol. The molecule has 0 bridgehead atoms. The number of nitrogens with one attached hydrogen (secondary N) is 2. The third-order valence-corrected chi connectivity index (χ3v) is 6.06. The molecule has 10 nitrogen and oxygen atoms in total. The Morgan fingerprint density at radius 1 is 0.848 bits per heavy atom. The van der Waals surface area contributed by atoms with Gasteiger partial charge >= 0.3 is 0 Å². The fourth-order valence-electron chi connectivity index (χ4n) is 3.02. The van der Waals surface area contributed by atoms with E-state index in [2.05, 4.69) is 25.3 Å². The van der Waals surface area contributed by atoms with Crippen LogP contribution in [0.1, 0.15) is 5.69 Å². The molecule has 0 saturated heterocycles. The van der Waals surface area contributed by atoms with E-state index in [0.29, 0.717) is 28.8 Å². The van der Waals surface area contributed by atoms with E-state index in [1.165, 1.54) is 26.4 Å². The molecule has 2 aromatic carbocycles. The number of rotatable bonds is 8. The first-order chi connectivity index (χ1) is 15.9. The molecular formula is C22H22N6O4S. The predicted octanol–water partition coefficient (Wildman–Crippen LogP) is 3.53. The van der Waals surface area contributed by atoms with Crippen molar-refractivity contribution in [3.8, 4) is 17.3 Å². The summed E-state index contributed by atoms with van der Waals surface area (Å²) in [6, 6.07) is 16.6. The topological polar surface area (TPSA) is 120 Å². The number of aromatic nitrogens is 4. The van der Waals surface area contributed by atoms with Crippen molar-refractivity contribution < 1.29 is 17.9 Å². The molecule has 11 heteroatoms. The van der Waals surface area contributed by atoms with Crippen LogP contribution in [0.3, 0.4) is 0 Å². The van der Waals surface area contributed by atoms with E-state index < -0.39 is 10.0 Å². The highest BCUT2D eigenvalue weighted by molar-refractivity contribution is 7.92. The zero-order valence-electron chi connectivity index (χ0n) is 18.2. The van der Waals surface area contributed by atoms with Gasteiger partial charge in [0.1, 0.15) is 0 Å². The minimum atomic E-state index is -3.81. The van der Waals surface area contributed by atoms with Crippen LogP contribution in [0.5, 0.6) is 11.5 Å². The van der Waals surface area contributed by atoms with Crippen LogP contribution in [-0.2, 0) is 10.0 Å². The summed E-state index contributed by atoms with van der Waals surface area (Å²) in [5.74, 6) is 1.92. The number of sulfonamides is 1. The second kappa shape index (κ2) is 9.17. The summed E-state index contributed by atoms with van der Waals surface area (Å²) in [5.41, 5.74) is 2.02. The number of nitrogens with zero attached hydrogens (tertiary/aromatic N) is 4. The molecule has 33 heavy (non-hydrogen) atoms. The molecule has 0 aliphatic carbocycles. The Hall–Kier alpha value is -4.12. The van der Waals surface area contributed by atoms with Crippen molar-refractivity contribution in [2.24, 2.45) is 0 Å². The molecule has 0 aliphatic rings. The van der Waals surface area contributed by atoms with Crippen LogP contribution in [0, 0.1) is 6.92 Å². The Labute approximate surface area is 191 Å². The van der Waals surface area contributed by atoms with Crippen molar-refractivity contribution in [3.05, 3.63) is 72.6 Å². The third-order valence-electron chi connectivity index (χ3n) is 4.68. The molecule has 4 rings (SSSR count). The van der Waals surface area contributed by atoms with E-state index in [4.69, 9.17) is 9.47 Å². The van der Waals surface area contributed by atoms with Crippen molar-refractivity contribution in [3.63, 3.8) is 0 Å². The van der Waals surface area contributed by atoms with Crippen LogP contribution in [0.2, 0.25) is 0 Å². The van der Waals surface area contributed by atoms with Crippen LogP contribution < -0.4 is 19.5 Å². The van der Waals surface area contributed by atoms with Gasteiger partial charge in [-0.1, -0.05) is 0 Å². The molecule has 0 spiro atoms. The highest BCUT2D eigenvalue weighted by atomic mass is 32.2. The van der Waals surface area contributed by atoms with E-state index in [9.17, 15) is 8.42 Å². The second-order valence-corrected chi connectivity index (χ2v) is 8.69. The number of methoxy groups -OCH3 is 2. The summed E-state index contributed by atoms with van der Waals surface area (Å²) in [7, 11) is -0.874. The standard InChI is InChI=1S/C22H22N6O4S/c1-15-12-13-28(26-15)22-11-10-21(24-25-22)23-16-4-6-17(7-5-16)27-33(29,30)18-8-9-19(31-2)20(14-18)32-3/h4-14,27H,1-3H3,(H,23,24). The molecule has 0 saturated carbocycles. The number of ether oxygens (including phenoxy) is 2. The van der Waals surface area contributed by atoms with Crippen molar-refractivity contribution in [2.45, 2.75) is 11.8 Å². The van der Waals surface area contributed by atoms with Gasteiger partial charge in [-0.25, -0.2) is 13.1 Å². The number of aryl methyl sites for hydroxylation is 1.